The van der Waals surface area contributed by atoms with Gasteiger partial charge in [-0.2, -0.15) is 0 Å². The van der Waals surface area contributed by atoms with Gasteiger partial charge in [-0.1, -0.05) is 12.8 Å². The molecule has 1 aliphatic rings. The molecule has 4 heteroatoms. The lowest BCUT2D eigenvalue weighted by Gasteiger charge is -2.31. The van der Waals surface area contributed by atoms with E-state index in [1.54, 1.807) is 11.3 Å². The molecule has 0 aliphatic heterocycles. The molecule has 0 radical (unpaired) electrons. The first-order chi connectivity index (χ1) is 7.27. The van der Waals surface area contributed by atoms with Crippen LogP contribution in [0.3, 0.4) is 0 Å². The van der Waals surface area contributed by atoms with Crippen molar-refractivity contribution in [2.45, 2.75) is 50.7 Å². The predicted molar refractivity (Wildman–Crippen MR) is 63.9 cm³/mol. The molecule has 3 N–H and O–H groups in total. The molecule has 1 heterocycles. The second-order valence-electron chi connectivity index (χ2n) is 4.31. The summed E-state index contributed by atoms with van der Waals surface area (Å²) >= 11 is 1.71. The second kappa shape index (κ2) is 5.05. The van der Waals surface area contributed by atoms with Gasteiger partial charge in [0, 0.05) is 23.7 Å². The molecular weight excluding hydrogens is 206 g/mol. The van der Waals surface area contributed by atoms with Crippen LogP contribution in [0.1, 0.15) is 43.7 Å². The molecule has 0 aromatic carbocycles. The summed E-state index contributed by atoms with van der Waals surface area (Å²) in [5, 5.41) is 6.78. The monoisotopic (exact) mass is 225 g/mol. The Morgan fingerprint density at radius 2 is 2.33 bits per heavy atom. The number of nitrogens with zero attached hydrogens (tertiary/aromatic N) is 1. The summed E-state index contributed by atoms with van der Waals surface area (Å²) in [7, 11) is 0. The fraction of sp³-hybridized carbons (Fsp3) is 0.727. The largest absolute Gasteiger partial charge is 0.326 e. The van der Waals surface area contributed by atoms with E-state index in [1.807, 2.05) is 11.6 Å². The number of thiazole rings is 1. The lowest BCUT2D eigenvalue weighted by molar-refractivity contribution is 0.306. The van der Waals surface area contributed by atoms with Crippen LogP contribution in [0.2, 0.25) is 0 Å². The predicted octanol–water partition coefficient (Wildman–Crippen LogP) is 2.06. The first kappa shape index (κ1) is 11.0. The molecule has 15 heavy (non-hydrogen) atoms. The molecule has 0 unspecified atom stereocenters. The van der Waals surface area contributed by atoms with Crippen LogP contribution in [0.25, 0.3) is 0 Å². The number of rotatable bonds is 3. The summed E-state index contributed by atoms with van der Waals surface area (Å²) in [5.41, 5.74) is 6.10. The van der Waals surface area contributed by atoms with Gasteiger partial charge in [0.15, 0.2) is 0 Å². The highest BCUT2D eigenvalue weighted by atomic mass is 32.1. The maximum absolute atomic E-state index is 6.10. The first-order valence-corrected chi connectivity index (χ1v) is 6.56. The molecule has 1 saturated carbocycles. The minimum atomic E-state index is 0.321. The molecule has 1 aromatic heterocycles. The van der Waals surface area contributed by atoms with Crippen molar-refractivity contribution < 1.29 is 0 Å². The Hall–Kier alpha value is -0.450. The van der Waals surface area contributed by atoms with Crippen molar-refractivity contribution in [3.63, 3.8) is 0 Å². The topological polar surface area (TPSA) is 50.9 Å². The molecule has 0 amide bonds. The molecule has 3 atom stereocenters. The summed E-state index contributed by atoms with van der Waals surface area (Å²) in [6.07, 6.45) is 6.80. The van der Waals surface area contributed by atoms with Crippen molar-refractivity contribution in [2.24, 2.45) is 5.73 Å². The van der Waals surface area contributed by atoms with Crippen LogP contribution in [0.5, 0.6) is 0 Å². The highest BCUT2D eigenvalue weighted by Gasteiger charge is 2.23. The van der Waals surface area contributed by atoms with Gasteiger partial charge in [-0.05, 0) is 19.8 Å². The van der Waals surface area contributed by atoms with E-state index in [1.165, 1.54) is 19.3 Å². The van der Waals surface area contributed by atoms with E-state index in [2.05, 4.69) is 17.2 Å². The number of hydrogen-bond donors (Lipinski definition) is 2. The third-order valence-electron chi connectivity index (χ3n) is 3.11. The van der Waals surface area contributed by atoms with Crippen molar-refractivity contribution in [1.82, 2.24) is 10.3 Å². The van der Waals surface area contributed by atoms with Gasteiger partial charge in [-0.3, -0.25) is 0 Å². The van der Waals surface area contributed by atoms with Crippen LogP contribution in [0.4, 0.5) is 0 Å². The maximum Gasteiger partial charge on any atom is 0.109 e. The van der Waals surface area contributed by atoms with Crippen LogP contribution in [-0.2, 0) is 0 Å². The SMILES string of the molecule is C[C@H](N[C@H]1CCCC[C@H]1N)c1nccs1. The molecule has 1 aromatic rings. The van der Waals surface area contributed by atoms with Crippen molar-refractivity contribution in [2.75, 3.05) is 0 Å². The lowest BCUT2D eigenvalue weighted by atomic mass is 9.90. The molecule has 0 bridgehead atoms. The van der Waals surface area contributed by atoms with Crippen LogP contribution < -0.4 is 11.1 Å². The lowest BCUT2D eigenvalue weighted by Crippen LogP contribution is -2.47. The fourth-order valence-electron chi connectivity index (χ4n) is 2.21. The number of nitrogens with two attached hydrogens (primary N) is 1. The van der Waals surface area contributed by atoms with Gasteiger partial charge in [0.2, 0.25) is 0 Å². The van der Waals surface area contributed by atoms with E-state index >= 15 is 0 Å². The molecule has 1 aliphatic carbocycles. The van der Waals surface area contributed by atoms with E-state index in [9.17, 15) is 0 Å². The van der Waals surface area contributed by atoms with Gasteiger partial charge in [0.05, 0.1) is 6.04 Å². The number of aromatic nitrogens is 1. The van der Waals surface area contributed by atoms with Gasteiger partial charge in [0.25, 0.3) is 0 Å². The Morgan fingerprint density at radius 1 is 1.53 bits per heavy atom. The fourth-order valence-corrected chi connectivity index (χ4v) is 2.86. The van der Waals surface area contributed by atoms with Gasteiger partial charge < -0.3 is 11.1 Å². The smallest absolute Gasteiger partial charge is 0.109 e. The van der Waals surface area contributed by atoms with Crippen LogP contribution in [0.15, 0.2) is 11.6 Å². The Bertz CT molecular complexity index is 286. The van der Waals surface area contributed by atoms with Gasteiger partial charge in [-0.25, -0.2) is 4.98 Å². The molecular formula is C11H19N3S. The van der Waals surface area contributed by atoms with E-state index < -0.39 is 0 Å². The zero-order chi connectivity index (χ0) is 10.7. The molecule has 2 rings (SSSR count). The Kier molecular flexibility index (Phi) is 3.72. The van der Waals surface area contributed by atoms with E-state index in [0.717, 1.165) is 11.4 Å². The van der Waals surface area contributed by atoms with Crippen molar-refractivity contribution in [1.29, 1.82) is 0 Å². The summed E-state index contributed by atoms with van der Waals surface area (Å²) in [4.78, 5) is 4.32. The van der Waals surface area contributed by atoms with E-state index in [-0.39, 0.29) is 0 Å². The van der Waals surface area contributed by atoms with Gasteiger partial charge in [-0.15, -0.1) is 11.3 Å². The zero-order valence-corrected chi connectivity index (χ0v) is 9.96. The third-order valence-corrected chi connectivity index (χ3v) is 4.06. The Balaban J connectivity index is 1.90. The summed E-state index contributed by atoms with van der Waals surface area (Å²) in [5.74, 6) is 0. The zero-order valence-electron chi connectivity index (χ0n) is 9.15. The molecule has 0 saturated heterocycles. The summed E-state index contributed by atoms with van der Waals surface area (Å²) < 4.78 is 0. The van der Waals surface area contributed by atoms with Crippen LogP contribution in [-0.4, -0.2) is 17.1 Å². The van der Waals surface area contributed by atoms with Crippen molar-refractivity contribution >= 4 is 11.3 Å². The average molecular weight is 225 g/mol. The average Bonchev–Trinajstić information content (AvgIpc) is 2.74. The van der Waals surface area contributed by atoms with Crippen LogP contribution in [0, 0.1) is 0 Å². The molecule has 3 nitrogen and oxygen atoms in total. The minimum Gasteiger partial charge on any atom is -0.326 e. The van der Waals surface area contributed by atoms with Crippen LogP contribution >= 0.6 is 11.3 Å². The van der Waals surface area contributed by atoms with E-state index in [4.69, 9.17) is 5.73 Å². The summed E-state index contributed by atoms with van der Waals surface area (Å²) in [6.45, 7) is 2.17. The van der Waals surface area contributed by atoms with Gasteiger partial charge >= 0.3 is 0 Å². The van der Waals surface area contributed by atoms with Gasteiger partial charge in [0.1, 0.15) is 5.01 Å². The first-order valence-electron chi connectivity index (χ1n) is 5.68. The second-order valence-corrected chi connectivity index (χ2v) is 5.24. The third kappa shape index (κ3) is 2.77. The summed E-state index contributed by atoms with van der Waals surface area (Å²) in [6, 6.07) is 1.12. The van der Waals surface area contributed by atoms with Crippen molar-refractivity contribution in [3.05, 3.63) is 16.6 Å². The van der Waals surface area contributed by atoms with E-state index in [0.29, 0.717) is 18.1 Å². The molecule has 1 fully saturated rings. The standard InChI is InChI=1S/C11H19N3S/c1-8(11-13-6-7-15-11)14-10-5-3-2-4-9(10)12/h6-10,14H,2-5,12H2,1H3/t8-,9+,10-/m0/s1. The number of hydrogen-bond acceptors (Lipinski definition) is 4. The Labute approximate surface area is 95.1 Å². The van der Waals surface area contributed by atoms with Crippen molar-refractivity contribution in [3.8, 4) is 0 Å². The normalized spacial score (nSPS) is 28.9. The maximum atomic E-state index is 6.10. The highest BCUT2D eigenvalue weighted by Crippen LogP contribution is 2.21. The number of nitrogens with one attached hydrogen (secondary N) is 1. The molecule has 84 valence electrons. The Morgan fingerprint density at radius 3 is 3.00 bits per heavy atom. The quantitative estimate of drug-likeness (QED) is 0.828. The molecule has 0 spiro atoms. The highest BCUT2D eigenvalue weighted by molar-refractivity contribution is 7.09. The minimum absolute atomic E-state index is 0.321.